The van der Waals surface area contributed by atoms with Crippen molar-refractivity contribution in [1.29, 1.82) is 0 Å². The zero-order chi connectivity index (χ0) is 25.9. The number of hydrogen-bond acceptors (Lipinski definition) is 6. The number of likely N-dealkylation sites (tertiary alicyclic amines) is 1. The minimum absolute atomic E-state index is 0.0490. The van der Waals surface area contributed by atoms with E-state index in [1.165, 1.54) is 12.0 Å². The van der Waals surface area contributed by atoms with E-state index in [9.17, 15) is 14.7 Å². The van der Waals surface area contributed by atoms with Gasteiger partial charge in [0.25, 0.3) is 11.7 Å². The molecule has 1 aliphatic rings. The molecule has 0 bridgehead atoms. The number of rotatable bonds is 8. The molecule has 1 amide bonds. The van der Waals surface area contributed by atoms with E-state index in [-0.39, 0.29) is 29.9 Å². The standard InChI is InChI=1S/C28H35NO6/c1-8-35-22-15-18(10-12-21(22)34-7)24-23(26(31)27(32)29(24)13-14-33-6)25(30)20-16-19(28(3,4)5)11-9-17(20)2/h9-12,15-16,24,30H,8,13-14H2,1-7H3/b25-23+. The first-order chi connectivity index (χ1) is 16.5. The summed E-state index contributed by atoms with van der Waals surface area (Å²) in [5.74, 6) is -0.551. The van der Waals surface area contributed by atoms with Gasteiger partial charge in [-0.3, -0.25) is 9.59 Å². The molecule has 0 spiro atoms. The fraction of sp³-hybridized carbons (Fsp3) is 0.429. The van der Waals surface area contributed by atoms with E-state index in [1.54, 1.807) is 25.3 Å². The number of ether oxygens (including phenoxy) is 3. The zero-order valence-corrected chi connectivity index (χ0v) is 21.6. The first-order valence-electron chi connectivity index (χ1n) is 11.7. The molecule has 7 heteroatoms. The predicted molar refractivity (Wildman–Crippen MR) is 135 cm³/mol. The summed E-state index contributed by atoms with van der Waals surface area (Å²) < 4.78 is 16.3. The largest absolute Gasteiger partial charge is 0.507 e. The lowest BCUT2D eigenvalue weighted by atomic mass is 9.84. The summed E-state index contributed by atoms with van der Waals surface area (Å²) in [4.78, 5) is 27.8. The smallest absolute Gasteiger partial charge is 0.295 e. The van der Waals surface area contributed by atoms with Crippen molar-refractivity contribution >= 4 is 17.4 Å². The van der Waals surface area contributed by atoms with Crippen LogP contribution < -0.4 is 9.47 Å². The molecule has 0 aromatic heterocycles. The third-order valence-corrected chi connectivity index (χ3v) is 6.24. The Morgan fingerprint density at radius 3 is 2.37 bits per heavy atom. The van der Waals surface area contributed by atoms with Gasteiger partial charge < -0.3 is 24.2 Å². The van der Waals surface area contributed by atoms with Gasteiger partial charge in [-0.1, -0.05) is 39.0 Å². The van der Waals surface area contributed by atoms with Crippen LogP contribution in [-0.2, 0) is 19.7 Å². The molecule has 1 N–H and O–H groups in total. The number of carbonyl (C=O) groups excluding carboxylic acids is 2. The summed E-state index contributed by atoms with van der Waals surface area (Å²) in [6.45, 7) is 10.8. The summed E-state index contributed by atoms with van der Waals surface area (Å²) in [6.07, 6.45) is 0. The van der Waals surface area contributed by atoms with Gasteiger partial charge in [-0.25, -0.2) is 0 Å². The lowest BCUT2D eigenvalue weighted by molar-refractivity contribution is -0.140. The Balaban J connectivity index is 2.26. The molecule has 3 rings (SSSR count). The number of aliphatic hydroxyl groups is 1. The van der Waals surface area contributed by atoms with Crippen LogP contribution in [0.15, 0.2) is 42.0 Å². The highest BCUT2D eigenvalue weighted by Gasteiger charge is 2.46. The summed E-state index contributed by atoms with van der Waals surface area (Å²) >= 11 is 0. The van der Waals surface area contributed by atoms with Gasteiger partial charge in [-0.15, -0.1) is 0 Å². The van der Waals surface area contributed by atoms with Crippen molar-refractivity contribution in [3.8, 4) is 11.5 Å². The van der Waals surface area contributed by atoms with E-state index in [1.807, 2.05) is 32.0 Å². The maximum absolute atomic E-state index is 13.3. The number of aryl methyl sites for hydroxylation is 1. The fourth-order valence-corrected chi connectivity index (χ4v) is 4.27. The molecule has 1 aliphatic heterocycles. The molecule has 0 aliphatic carbocycles. The third kappa shape index (κ3) is 5.20. The lowest BCUT2D eigenvalue weighted by Gasteiger charge is -2.26. The van der Waals surface area contributed by atoms with E-state index in [2.05, 4.69) is 20.8 Å². The van der Waals surface area contributed by atoms with Gasteiger partial charge in [-0.05, 0) is 54.2 Å². The van der Waals surface area contributed by atoms with E-state index in [0.717, 1.165) is 11.1 Å². The first kappa shape index (κ1) is 26.3. The lowest BCUT2D eigenvalue weighted by Crippen LogP contribution is -2.32. The minimum Gasteiger partial charge on any atom is -0.507 e. The summed E-state index contributed by atoms with van der Waals surface area (Å²) in [5.41, 5.74) is 2.88. The van der Waals surface area contributed by atoms with Crippen LogP contribution in [0.1, 0.15) is 56.0 Å². The molecule has 188 valence electrons. The maximum atomic E-state index is 13.3. The molecule has 2 aromatic rings. The summed E-state index contributed by atoms with van der Waals surface area (Å²) in [7, 11) is 3.08. The fourth-order valence-electron chi connectivity index (χ4n) is 4.27. The third-order valence-electron chi connectivity index (χ3n) is 6.24. The Hall–Kier alpha value is -3.32. The monoisotopic (exact) mass is 481 g/mol. The van der Waals surface area contributed by atoms with E-state index < -0.39 is 17.7 Å². The van der Waals surface area contributed by atoms with Gasteiger partial charge >= 0.3 is 0 Å². The number of nitrogens with zero attached hydrogens (tertiary/aromatic N) is 1. The summed E-state index contributed by atoms with van der Waals surface area (Å²) in [5, 5.41) is 11.5. The Bertz CT molecular complexity index is 1140. The average molecular weight is 482 g/mol. The van der Waals surface area contributed by atoms with E-state index >= 15 is 0 Å². The number of benzene rings is 2. The van der Waals surface area contributed by atoms with Crippen LogP contribution in [0.4, 0.5) is 0 Å². The van der Waals surface area contributed by atoms with Crippen LogP contribution in [0.3, 0.4) is 0 Å². The van der Waals surface area contributed by atoms with Gasteiger partial charge in [-0.2, -0.15) is 0 Å². The minimum atomic E-state index is -0.798. The molecule has 35 heavy (non-hydrogen) atoms. The molecule has 1 atom stereocenters. The van der Waals surface area contributed by atoms with Gasteiger partial charge in [0.1, 0.15) is 5.76 Å². The average Bonchev–Trinajstić information content (AvgIpc) is 3.06. The molecule has 1 unspecified atom stereocenters. The Morgan fingerprint density at radius 1 is 1.06 bits per heavy atom. The highest BCUT2D eigenvalue weighted by molar-refractivity contribution is 6.46. The molecular formula is C28H35NO6. The molecule has 1 fully saturated rings. The zero-order valence-electron chi connectivity index (χ0n) is 21.6. The second kappa shape index (κ2) is 10.5. The van der Waals surface area contributed by atoms with E-state index in [4.69, 9.17) is 14.2 Å². The van der Waals surface area contributed by atoms with Crippen LogP contribution in [0.5, 0.6) is 11.5 Å². The van der Waals surface area contributed by atoms with Crippen molar-refractivity contribution < 1.29 is 28.9 Å². The Kier molecular flexibility index (Phi) is 7.90. The predicted octanol–water partition coefficient (Wildman–Crippen LogP) is 4.77. The van der Waals surface area contributed by atoms with Crippen LogP contribution >= 0.6 is 0 Å². The topological polar surface area (TPSA) is 85.3 Å². The van der Waals surface area contributed by atoms with Gasteiger partial charge in [0.05, 0.1) is 31.9 Å². The molecular weight excluding hydrogens is 446 g/mol. The normalized spacial score (nSPS) is 17.7. The number of methoxy groups -OCH3 is 2. The first-order valence-corrected chi connectivity index (χ1v) is 11.7. The van der Waals surface area contributed by atoms with Gasteiger partial charge in [0.15, 0.2) is 11.5 Å². The van der Waals surface area contributed by atoms with Crippen molar-refractivity contribution in [3.05, 3.63) is 64.2 Å². The summed E-state index contributed by atoms with van der Waals surface area (Å²) in [6, 6.07) is 10.3. The SMILES string of the molecule is CCOc1cc(C2/C(=C(\O)c3cc(C(C)(C)C)ccc3C)C(=O)C(=O)N2CCOC)ccc1OC. The number of carbonyl (C=O) groups is 2. The number of Topliss-reactive ketones (excluding diaryl/α,β-unsaturated/α-hetero) is 1. The highest BCUT2D eigenvalue weighted by Crippen LogP contribution is 2.42. The quantitative estimate of drug-likeness (QED) is 0.332. The van der Waals surface area contributed by atoms with Crippen LogP contribution in [0, 0.1) is 6.92 Å². The van der Waals surface area contributed by atoms with Crippen LogP contribution in [0.2, 0.25) is 0 Å². The van der Waals surface area contributed by atoms with Crippen molar-refractivity contribution in [3.63, 3.8) is 0 Å². The van der Waals surface area contributed by atoms with Crippen molar-refractivity contribution in [2.75, 3.05) is 34.0 Å². The number of aliphatic hydroxyl groups excluding tert-OH is 1. The molecule has 1 heterocycles. The van der Waals surface area contributed by atoms with Crippen molar-refractivity contribution in [1.82, 2.24) is 4.90 Å². The number of ketones is 1. The second-order valence-electron chi connectivity index (χ2n) is 9.61. The molecule has 1 saturated heterocycles. The Morgan fingerprint density at radius 2 is 1.77 bits per heavy atom. The van der Waals surface area contributed by atoms with E-state index in [0.29, 0.717) is 29.2 Å². The highest BCUT2D eigenvalue weighted by atomic mass is 16.5. The molecule has 0 saturated carbocycles. The molecule has 7 nitrogen and oxygen atoms in total. The van der Waals surface area contributed by atoms with Crippen molar-refractivity contribution in [2.45, 2.75) is 46.1 Å². The van der Waals surface area contributed by atoms with Gasteiger partial charge in [0.2, 0.25) is 0 Å². The molecule has 0 radical (unpaired) electrons. The Labute approximate surface area is 207 Å². The van der Waals surface area contributed by atoms with Crippen molar-refractivity contribution in [2.24, 2.45) is 0 Å². The second-order valence-corrected chi connectivity index (χ2v) is 9.61. The molecule has 2 aromatic carbocycles. The van der Waals surface area contributed by atoms with Crippen LogP contribution in [-0.4, -0.2) is 55.7 Å². The van der Waals surface area contributed by atoms with Crippen LogP contribution in [0.25, 0.3) is 5.76 Å². The number of hydrogen-bond donors (Lipinski definition) is 1. The number of amides is 1. The van der Waals surface area contributed by atoms with Gasteiger partial charge in [0, 0.05) is 19.2 Å². The maximum Gasteiger partial charge on any atom is 0.295 e.